The Bertz CT molecular complexity index is 365. The molecule has 1 N–H and O–H groups in total. The van der Waals surface area contributed by atoms with E-state index in [2.05, 4.69) is 4.98 Å². The van der Waals surface area contributed by atoms with Crippen LogP contribution in [0.25, 0.3) is 0 Å². The zero-order valence-corrected chi connectivity index (χ0v) is 7.48. The lowest BCUT2D eigenvalue weighted by Gasteiger charge is -2.12. The number of aliphatic hydroxyl groups is 1. The maximum absolute atomic E-state index is 13.2. The number of hydrogen-bond donors (Lipinski definition) is 1. The fourth-order valence-corrected chi connectivity index (χ4v) is 1.39. The lowest BCUT2D eigenvalue weighted by atomic mass is 10.1. The van der Waals surface area contributed by atoms with Crippen molar-refractivity contribution in [1.82, 2.24) is 4.98 Å². The summed E-state index contributed by atoms with van der Waals surface area (Å²) < 4.78 is 18.3. The maximum Gasteiger partial charge on any atom is 0.147 e. The number of pyridine rings is 1. The number of aromatic nitrogens is 1. The van der Waals surface area contributed by atoms with E-state index in [-0.39, 0.29) is 5.56 Å². The van der Waals surface area contributed by atoms with Crippen molar-refractivity contribution in [1.29, 1.82) is 0 Å². The number of ether oxygens (including phenoxy) is 1. The van der Waals surface area contributed by atoms with Gasteiger partial charge in [0.05, 0.1) is 12.8 Å². The standard InChI is InChI=1S/C10H10FNO2/c11-8-6-12-4-3-7(8)10(13)9-2-1-5-14-9/h2-4,6,10,13H,1,5H2. The van der Waals surface area contributed by atoms with Crippen LogP contribution in [-0.4, -0.2) is 16.7 Å². The highest BCUT2D eigenvalue weighted by Gasteiger charge is 2.20. The van der Waals surface area contributed by atoms with E-state index < -0.39 is 11.9 Å². The molecular weight excluding hydrogens is 185 g/mol. The summed E-state index contributed by atoms with van der Waals surface area (Å²) in [6.07, 6.45) is 4.04. The molecule has 0 amide bonds. The van der Waals surface area contributed by atoms with Crippen LogP contribution in [0, 0.1) is 5.82 Å². The third kappa shape index (κ3) is 1.61. The van der Waals surface area contributed by atoms with Gasteiger partial charge in [-0.1, -0.05) is 0 Å². The molecular formula is C10H10FNO2. The number of hydrogen-bond acceptors (Lipinski definition) is 3. The molecule has 74 valence electrons. The molecule has 1 aliphatic rings. The van der Waals surface area contributed by atoms with Crippen molar-refractivity contribution in [3.8, 4) is 0 Å². The van der Waals surface area contributed by atoms with E-state index >= 15 is 0 Å². The summed E-state index contributed by atoms with van der Waals surface area (Å²) >= 11 is 0. The van der Waals surface area contributed by atoms with Gasteiger partial charge in [0.15, 0.2) is 0 Å². The van der Waals surface area contributed by atoms with Gasteiger partial charge in [-0.25, -0.2) is 4.39 Å². The molecule has 0 bridgehead atoms. The first-order valence-corrected chi connectivity index (χ1v) is 4.39. The zero-order chi connectivity index (χ0) is 9.97. The predicted octanol–water partition coefficient (Wildman–Crippen LogP) is 1.56. The minimum absolute atomic E-state index is 0.202. The Morgan fingerprint density at radius 1 is 1.57 bits per heavy atom. The van der Waals surface area contributed by atoms with Crippen LogP contribution >= 0.6 is 0 Å². The molecule has 14 heavy (non-hydrogen) atoms. The maximum atomic E-state index is 13.2. The molecule has 0 saturated carbocycles. The molecule has 0 spiro atoms. The Morgan fingerprint density at radius 3 is 3.07 bits per heavy atom. The van der Waals surface area contributed by atoms with E-state index in [0.29, 0.717) is 12.4 Å². The van der Waals surface area contributed by atoms with Gasteiger partial charge in [0.25, 0.3) is 0 Å². The third-order valence-electron chi connectivity index (χ3n) is 2.10. The van der Waals surface area contributed by atoms with Gasteiger partial charge in [0, 0.05) is 18.2 Å². The van der Waals surface area contributed by atoms with E-state index in [1.807, 2.05) is 0 Å². The fourth-order valence-electron chi connectivity index (χ4n) is 1.39. The second-order valence-electron chi connectivity index (χ2n) is 3.04. The molecule has 1 aliphatic heterocycles. The van der Waals surface area contributed by atoms with Crippen LogP contribution < -0.4 is 0 Å². The van der Waals surface area contributed by atoms with Crippen LogP contribution in [0.15, 0.2) is 30.3 Å². The molecule has 1 atom stereocenters. The van der Waals surface area contributed by atoms with Gasteiger partial charge in [-0.3, -0.25) is 4.98 Å². The summed E-state index contributed by atoms with van der Waals surface area (Å²) in [4.78, 5) is 3.61. The topological polar surface area (TPSA) is 42.4 Å². The lowest BCUT2D eigenvalue weighted by molar-refractivity contribution is 0.116. The Morgan fingerprint density at radius 2 is 2.43 bits per heavy atom. The molecule has 0 aromatic carbocycles. The summed E-state index contributed by atoms with van der Waals surface area (Å²) in [5.41, 5.74) is 0.202. The molecule has 0 aliphatic carbocycles. The van der Waals surface area contributed by atoms with Crippen molar-refractivity contribution < 1.29 is 14.2 Å². The van der Waals surface area contributed by atoms with Crippen LogP contribution in [0.3, 0.4) is 0 Å². The van der Waals surface area contributed by atoms with Gasteiger partial charge >= 0.3 is 0 Å². The quantitative estimate of drug-likeness (QED) is 0.778. The molecule has 0 radical (unpaired) electrons. The van der Waals surface area contributed by atoms with E-state index in [1.54, 1.807) is 6.08 Å². The molecule has 1 unspecified atom stereocenters. The first-order chi connectivity index (χ1) is 6.79. The first kappa shape index (κ1) is 9.15. The predicted molar refractivity (Wildman–Crippen MR) is 47.8 cm³/mol. The van der Waals surface area contributed by atoms with Gasteiger partial charge in [-0.2, -0.15) is 0 Å². The first-order valence-electron chi connectivity index (χ1n) is 4.39. The normalized spacial score (nSPS) is 17.4. The summed E-state index contributed by atoms with van der Waals surface area (Å²) in [6.45, 7) is 0.555. The monoisotopic (exact) mass is 195 g/mol. The van der Waals surface area contributed by atoms with Gasteiger partial charge in [-0.05, 0) is 12.1 Å². The minimum atomic E-state index is -1.01. The van der Waals surface area contributed by atoms with Crippen molar-refractivity contribution in [2.45, 2.75) is 12.5 Å². The van der Waals surface area contributed by atoms with Crippen LogP contribution in [0.4, 0.5) is 4.39 Å². The fraction of sp³-hybridized carbons (Fsp3) is 0.300. The van der Waals surface area contributed by atoms with Crippen LogP contribution in [0.1, 0.15) is 18.1 Å². The Labute approximate surface area is 80.9 Å². The number of aliphatic hydroxyl groups excluding tert-OH is 1. The Hall–Kier alpha value is -1.42. The van der Waals surface area contributed by atoms with Gasteiger partial charge in [0.2, 0.25) is 0 Å². The van der Waals surface area contributed by atoms with Crippen molar-refractivity contribution in [3.05, 3.63) is 41.7 Å². The second kappa shape index (κ2) is 3.75. The third-order valence-corrected chi connectivity index (χ3v) is 2.10. The van der Waals surface area contributed by atoms with Crippen molar-refractivity contribution in [2.24, 2.45) is 0 Å². The zero-order valence-electron chi connectivity index (χ0n) is 7.48. The SMILES string of the molecule is OC(C1=CCCO1)c1ccncc1F. The van der Waals surface area contributed by atoms with Gasteiger partial charge < -0.3 is 9.84 Å². The lowest BCUT2D eigenvalue weighted by Crippen LogP contribution is -2.04. The summed E-state index contributed by atoms with van der Waals surface area (Å²) in [5, 5.41) is 9.74. The Balaban J connectivity index is 2.26. The highest BCUT2D eigenvalue weighted by molar-refractivity contribution is 5.23. The molecule has 1 aromatic heterocycles. The summed E-state index contributed by atoms with van der Waals surface area (Å²) in [5.74, 6) is -0.0912. The van der Waals surface area contributed by atoms with Crippen molar-refractivity contribution in [3.63, 3.8) is 0 Å². The van der Waals surface area contributed by atoms with Gasteiger partial charge in [-0.15, -0.1) is 0 Å². The number of rotatable bonds is 2. The highest BCUT2D eigenvalue weighted by Crippen LogP contribution is 2.27. The van der Waals surface area contributed by atoms with E-state index in [0.717, 1.165) is 12.6 Å². The number of nitrogens with zero attached hydrogens (tertiary/aromatic N) is 1. The average Bonchev–Trinajstić information content (AvgIpc) is 2.70. The molecule has 2 heterocycles. The highest BCUT2D eigenvalue weighted by atomic mass is 19.1. The van der Waals surface area contributed by atoms with Gasteiger partial charge in [0.1, 0.15) is 17.7 Å². The van der Waals surface area contributed by atoms with Crippen LogP contribution in [-0.2, 0) is 4.74 Å². The molecule has 3 nitrogen and oxygen atoms in total. The minimum Gasteiger partial charge on any atom is -0.495 e. The summed E-state index contributed by atoms with van der Waals surface area (Å²) in [7, 11) is 0. The average molecular weight is 195 g/mol. The largest absolute Gasteiger partial charge is 0.495 e. The van der Waals surface area contributed by atoms with E-state index in [9.17, 15) is 9.50 Å². The molecule has 0 saturated heterocycles. The molecule has 1 aromatic rings. The van der Waals surface area contributed by atoms with Crippen LogP contribution in [0.5, 0.6) is 0 Å². The van der Waals surface area contributed by atoms with E-state index in [1.165, 1.54) is 12.3 Å². The second-order valence-corrected chi connectivity index (χ2v) is 3.04. The molecule has 0 fully saturated rings. The molecule has 2 rings (SSSR count). The smallest absolute Gasteiger partial charge is 0.147 e. The summed E-state index contributed by atoms with van der Waals surface area (Å²) in [6, 6.07) is 1.45. The number of halogens is 1. The van der Waals surface area contributed by atoms with Crippen LogP contribution in [0.2, 0.25) is 0 Å². The Kier molecular flexibility index (Phi) is 2.45. The molecule has 4 heteroatoms. The van der Waals surface area contributed by atoms with Crippen molar-refractivity contribution in [2.75, 3.05) is 6.61 Å². The van der Waals surface area contributed by atoms with Crippen molar-refractivity contribution >= 4 is 0 Å². The van der Waals surface area contributed by atoms with E-state index in [4.69, 9.17) is 4.74 Å².